The summed E-state index contributed by atoms with van der Waals surface area (Å²) in [4.78, 5) is 19.6. The lowest BCUT2D eigenvalue weighted by atomic mass is 10.1. The number of amides is 1. The van der Waals surface area contributed by atoms with Crippen molar-refractivity contribution >= 4 is 28.1 Å². The first-order valence-electron chi connectivity index (χ1n) is 9.56. The Morgan fingerprint density at radius 3 is 2.75 bits per heavy atom. The van der Waals surface area contributed by atoms with E-state index in [9.17, 15) is 4.79 Å². The van der Waals surface area contributed by atoms with Gasteiger partial charge in [0, 0.05) is 34.3 Å². The lowest BCUT2D eigenvalue weighted by Gasteiger charge is -2.19. The summed E-state index contributed by atoms with van der Waals surface area (Å²) in [6, 6.07) is 14.1. The molecule has 0 saturated heterocycles. The molecule has 0 aliphatic carbocycles. The molecule has 1 N–H and O–H groups in total. The number of nitrogens with zero attached hydrogens (tertiary/aromatic N) is 2. The summed E-state index contributed by atoms with van der Waals surface area (Å²) in [5.74, 6) is 0.0699. The van der Waals surface area contributed by atoms with Gasteiger partial charge in [0.1, 0.15) is 0 Å². The summed E-state index contributed by atoms with van der Waals surface area (Å²) in [5, 5.41) is 6.44. The van der Waals surface area contributed by atoms with E-state index in [0.29, 0.717) is 0 Å². The lowest BCUT2D eigenvalue weighted by Crippen LogP contribution is -2.28. The first-order chi connectivity index (χ1) is 13.3. The first kappa shape index (κ1) is 18.7. The predicted octanol–water partition coefficient (Wildman–Crippen LogP) is 5.53. The van der Waals surface area contributed by atoms with Crippen LogP contribution < -0.4 is 10.2 Å². The van der Waals surface area contributed by atoms with Crippen molar-refractivity contribution in [1.29, 1.82) is 0 Å². The molecule has 4 rings (SSSR count). The number of nitrogens with one attached hydrogen (secondary N) is 1. The van der Waals surface area contributed by atoms with Gasteiger partial charge in [-0.1, -0.05) is 23.8 Å². The minimum atomic E-state index is -0.0102. The van der Waals surface area contributed by atoms with Gasteiger partial charge in [-0.2, -0.15) is 0 Å². The summed E-state index contributed by atoms with van der Waals surface area (Å²) < 4.78 is 0. The van der Waals surface area contributed by atoms with Crippen molar-refractivity contribution in [2.24, 2.45) is 0 Å². The van der Waals surface area contributed by atoms with Gasteiger partial charge >= 0.3 is 0 Å². The molecule has 0 unspecified atom stereocenters. The largest absolute Gasteiger partial charge is 0.357 e. The molecule has 1 aliphatic heterocycles. The third kappa shape index (κ3) is 3.80. The molecule has 28 heavy (non-hydrogen) atoms. The van der Waals surface area contributed by atoms with Crippen LogP contribution in [-0.4, -0.2) is 23.0 Å². The van der Waals surface area contributed by atoms with Crippen LogP contribution in [0.5, 0.6) is 0 Å². The Morgan fingerprint density at radius 2 is 2.00 bits per heavy atom. The molecule has 2 heterocycles. The van der Waals surface area contributed by atoms with Crippen LogP contribution in [0.4, 0.5) is 10.8 Å². The molecule has 0 spiro atoms. The van der Waals surface area contributed by atoms with Gasteiger partial charge < -0.3 is 10.2 Å². The normalized spacial score (nSPS) is 13.5. The number of hydrogen-bond acceptors (Lipinski definition) is 4. The molecule has 1 amide bonds. The standard InChI is InChI=1S/C23H25N3OS/c1-15-6-5-7-18(12-15)21(27)26-11-10-17-13-16(8-9-20(17)26)19-14-28-22(24-19)25-23(2,3)4/h5-9,12-14H,10-11H2,1-4H3,(H,24,25). The van der Waals surface area contributed by atoms with E-state index in [0.717, 1.165) is 46.2 Å². The van der Waals surface area contributed by atoms with Crippen molar-refractivity contribution in [1.82, 2.24) is 4.98 Å². The van der Waals surface area contributed by atoms with E-state index in [-0.39, 0.29) is 11.4 Å². The third-order valence-electron chi connectivity index (χ3n) is 4.77. The fraction of sp³-hybridized carbons (Fsp3) is 0.304. The quantitative estimate of drug-likeness (QED) is 0.638. The summed E-state index contributed by atoms with van der Waals surface area (Å²) in [5.41, 5.74) is 6.13. The van der Waals surface area contributed by atoms with E-state index >= 15 is 0 Å². The second-order valence-corrected chi connectivity index (χ2v) is 9.19. The Kier molecular flexibility index (Phi) is 4.71. The Labute approximate surface area is 170 Å². The average Bonchev–Trinajstić information content (AvgIpc) is 3.26. The highest BCUT2D eigenvalue weighted by Crippen LogP contribution is 2.34. The molecule has 4 nitrogen and oxygen atoms in total. The Bertz CT molecular complexity index is 1030. The summed E-state index contributed by atoms with van der Waals surface area (Å²) in [6.45, 7) is 9.12. The van der Waals surface area contributed by atoms with Crippen molar-refractivity contribution in [3.63, 3.8) is 0 Å². The fourth-order valence-electron chi connectivity index (χ4n) is 3.49. The van der Waals surface area contributed by atoms with Crippen molar-refractivity contribution < 1.29 is 4.79 Å². The molecular weight excluding hydrogens is 366 g/mol. The zero-order valence-corrected chi connectivity index (χ0v) is 17.6. The average molecular weight is 392 g/mol. The van der Waals surface area contributed by atoms with Crippen LogP contribution in [0.1, 0.15) is 42.3 Å². The second kappa shape index (κ2) is 7.06. The van der Waals surface area contributed by atoms with E-state index in [1.807, 2.05) is 36.1 Å². The summed E-state index contributed by atoms with van der Waals surface area (Å²) >= 11 is 1.62. The predicted molar refractivity (Wildman–Crippen MR) is 117 cm³/mol. The third-order valence-corrected chi connectivity index (χ3v) is 5.52. The van der Waals surface area contributed by atoms with Crippen molar-refractivity contribution in [2.45, 2.75) is 39.7 Å². The number of fused-ring (bicyclic) bond motifs is 1. The highest BCUT2D eigenvalue weighted by Gasteiger charge is 2.26. The topological polar surface area (TPSA) is 45.2 Å². The van der Waals surface area contributed by atoms with E-state index < -0.39 is 0 Å². The van der Waals surface area contributed by atoms with Gasteiger partial charge in [0.05, 0.1) is 5.69 Å². The Balaban J connectivity index is 1.58. The molecule has 1 aromatic heterocycles. The zero-order chi connectivity index (χ0) is 19.9. The zero-order valence-electron chi connectivity index (χ0n) is 16.7. The van der Waals surface area contributed by atoms with Gasteiger partial charge in [0.25, 0.3) is 5.91 Å². The molecule has 2 aromatic carbocycles. The van der Waals surface area contributed by atoms with Crippen molar-refractivity contribution in [3.05, 3.63) is 64.5 Å². The maximum atomic E-state index is 13.0. The molecule has 144 valence electrons. The molecule has 0 radical (unpaired) electrons. The maximum absolute atomic E-state index is 13.0. The first-order valence-corrected chi connectivity index (χ1v) is 10.4. The minimum absolute atomic E-state index is 0.0102. The summed E-state index contributed by atoms with van der Waals surface area (Å²) in [6.07, 6.45) is 0.873. The van der Waals surface area contributed by atoms with Gasteiger partial charge in [0.15, 0.2) is 5.13 Å². The summed E-state index contributed by atoms with van der Waals surface area (Å²) in [7, 11) is 0. The SMILES string of the molecule is Cc1cccc(C(=O)N2CCc3cc(-c4csc(NC(C)(C)C)n4)ccc32)c1. The number of benzene rings is 2. The van der Waals surface area contributed by atoms with Crippen LogP contribution in [0.25, 0.3) is 11.3 Å². The number of anilines is 2. The molecule has 0 saturated carbocycles. The van der Waals surface area contributed by atoms with Gasteiger partial charge in [-0.05, 0) is 63.9 Å². The highest BCUT2D eigenvalue weighted by molar-refractivity contribution is 7.14. The minimum Gasteiger partial charge on any atom is -0.357 e. The van der Waals surface area contributed by atoms with E-state index in [1.165, 1.54) is 5.56 Å². The van der Waals surface area contributed by atoms with Crippen LogP contribution in [0.3, 0.4) is 0 Å². The maximum Gasteiger partial charge on any atom is 0.258 e. The van der Waals surface area contributed by atoms with Gasteiger partial charge in [0.2, 0.25) is 0 Å². The Morgan fingerprint density at radius 1 is 1.18 bits per heavy atom. The van der Waals surface area contributed by atoms with Crippen LogP contribution in [0.2, 0.25) is 0 Å². The number of thiazole rings is 1. The molecule has 0 fully saturated rings. The van der Waals surface area contributed by atoms with E-state index in [2.05, 4.69) is 49.7 Å². The molecule has 1 aliphatic rings. The van der Waals surface area contributed by atoms with Crippen LogP contribution in [0, 0.1) is 6.92 Å². The van der Waals surface area contributed by atoms with Crippen LogP contribution in [-0.2, 0) is 6.42 Å². The molecular formula is C23H25N3OS. The smallest absolute Gasteiger partial charge is 0.258 e. The molecule has 5 heteroatoms. The molecule has 3 aromatic rings. The van der Waals surface area contributed by atoms with Crippen LogP contribution >= 0.6 is 11.3 Å². The van der Waals surface area contributed by atoms with E-state index in [1.54, 1.807) is 11.3 Å². The second-order valence-electron chi connectivity index (χ2n) is 8.33. The number of carbonyl (C=O) groups is 1. The number of carbonyl (C=O) groups excluding carboxylic acids is 1. The van der Waals surface area contributed by atoms with Gasteiger partial charge in [-0.3, -0.25) is 4.79 Å². The number of rotatable bonds is 3. The number of hydrogen-bond donors (Lipinski definition) is 1. The number of aromatic nitrogens is 1. The van der Waals surface area contributed by atoms with Crippen molar-refractivity contribution in [2.75, 3.05) is 16.8 Å². The lowest BCUT2D eigenvalue weighted by molar-refractivity contribution is 0.0989. The van der Waals surface area contributed by atoms with Crippen LogP contribution in [0.15, 0.2) is 47.8 Å². The molecule has 0 atom stereocenters. The van der Waals surface area contributed by atoms with Crippen molar-refractivity contribution in [3.8, 4) is 11.3 Å². The highest BCUT2D eigenvalue weighted by atomic mass is 32.1. The van der Waals surface area contributed by atoms with E-state index in [4.69, 9.17) is 4.98 Å². The fourth-order valence-corrected chi connectivity index (χ4v) is 4.42. The van der Waals surface area contributed by atoms with Gasteiger partial charge in [-0.15, -0.1) is 11.3 Å². The monoisotopic (exact) mass is 391 g/mol. The number of aryl methyl sites for hydroxylation is 1. The van der Waals surface area contributed by atoms with Gasteiger partial charge in [-0.25, -0.2) is 4.98 Å². The Hall–Kier alpha value is -2.66. The molecule has 0 bridgehead atoms.